The van der Waals surface area contributed by atoms with Crippen LogP contribution in [0.5, 0.6) is 11.5 Å². The number of hydrogen-bond acceptors (Lipinski definition) is 4. The summed E-state index contributed by atoms with van der Waals surface area (Å²) < 4.78 is 34.3. The number of nitrogens with zero attached hydrogens (tertiary/aromatic N) is 1. The van der Waals surface area contributed by atoms with Gasteiger partial charge in [-0.05, 0) is 12.1 Å². The van der Waals surface area contributed by atoms with Crippen molar-refractivity contribution >= 4 is 22.9 Å². The van der Waals surface area contributed by atoms with Crippen LogP contribution >= 0.6 is 0 Å². The third-order valence-electron chi connectivity index (χ3n) is 3.24. The van der Waals surface area contributed by atoms with E-state index in [1.807, 2.05) is 0 Å². The first-order valence-electron chi connectivity index (χ1n) is 6.99. The van der Waals surface area contributed by atoms with Gasteiger partial charge in [0.15, 0.2) is 11.5 Å². The number of H-pyrrole nitrogens is 1. The predicted molar refractivity (Wildman–Crippen MR) is 83.7 cm³/mol. The van der Waals surface area contributed by atoms with Crippen molar-refractivity contribution in [1.82, 2.24) is 9.97 Å². The van der Waals surface area contributed by atoms with Gasteiger partial charge in [0.2, 0.25) is 19.7 Å². The molecule has 124 valence electrons. The lowest BCUT2D eigenvalue weighted by atomic mass is 10.2. The molecule has 0 aliphatic carbocycles. The van der Waals surface area contributed by atoms with Gasteiger partial charge in [-0.3, -0.25) is 10.1 Å². The van der Waals surface area contributed by atoms with Crippen LogP contribution in [0.25, 0.3) is 11.0 Å². The molecule has 1 amide bonds. The molecule has 8 heteroatoms. The number of carbonyl (C=O) groups is 1. The lowest BCUT2D eigenvalue weighted by Crippen LogP contribution is -2.12. The summed E-state index contributed by atoms with van der Waals surface area (Å²) >= 11 is 0. The molecule has 24 heavy (non-hydrogen) atoms. The Morgan fingerprint density at radius 3 is 2.42 bits per heavy atom. The van der Waals surface area contributed by atoms with E-state index in [2.05, 4.69) is 15.3 Å². The van der Waals surface area contributed by atoms with Crippen LogP contribution in [0.2, 0.25) is 0 Å². The highest BCUT2D eigenvalue weighted by Crippen LogP contribution is 2.32. The van der Waals surface area contributed by atoms with E-state index in [0.29, 0.717) is 16.6 Å². The average Bonchev–Trinajstić information content (AvgIpc) is 2.97. The largest absolute Gasteiger partial charge is 0.459 e. The van der Waals surface area contributed by atoms with E-state index < -0.39 is 13.7 Å². The van der Waals surface area contributed by atoms with Gasteiger partial charge in [-0.1, -0.05) is 18.2 Å². The fourth-order valence-corrected chi connectivity index (χ4v) is 2.19. The summed E-state index contributed by atoms with van der Waals surface area (Å²) in [5.74, 6) is -0.0834. The van der Waals surface area contributed by atoms with E-state index in [0.717, 1.165) is 0 Å². The molecule has 0 spiro atoms. The highest BCUT2D eigenvalue weighted by atomic mass is 19.1. The van der Waals surface area contributed by atoms with Crippen molar-refractivity contribution in [3.05, 3.63) is 48.0 Å². The van der Waals surface area contributed by atoms with Crippen LogP contribution in [0.4, 0.5) is 14.7 Å². The van der Waals surface area contributed by atoms with Crippen LogP contribution in [0.3, 0.4) is 0 Å². The van der Waals surface area contributed by atoms with Gasteiger partial charge in [0.1, 0.15) is 0 Å². The van der Waals surface area contributed by atoms with Crippen LogP contribution in [0.15, 0.2) is 42.5 Å². The Hall–Kier alpha value is -3.16. The first-order valence-corrected chi connectivity index (χ1v) is 6.99. The molecule has 0 saturated carbocycles. The zero-order chi connectivity index (χ0) is 16.9. The van der Waals surface area contributed by atoms with Crippen molar-refractivity contribution in [3.8, 4) is 11.5 Å². The maximum Gasteiger partial charge on any atom is 0.257 e. The number of rotatable bonds is 6. The quantitative estimate of drug-likeness (QED) is 0.725. The smallest absolute Gasteiger partial charge is 0.257 e. The van der Waals surface area contributed by atoms with Crippen LogP contribution in [-0.4, -0.2) is 29.6 Å². The normalized spacial score (nSPS) is 10.6. The minimum atomic E-state index is -1.09. The molecule has 0 bridgehead atoms. The highest BCUT2D eigenvalue weighted by Gasteiger charge is 2.13. The van der Waals surface area contributed by atoms with Crippen molar-refractivity contribution < 1.29 is 23.0 Å². The minimum Gasteiger partial charge on any atom is -0.459 e. The summed E-state index contributed by atoms with van der Waals surface area (Å²) in [5.41, 5.74) is 1.36. The van der Waals surface area contributed by atoms with Gasteiger partial charge in [-0.25, -0.2) is 13.8 Å². The Morgan fingerprint density at radius 2 is 1.75 bits per heavy atom. The third kappa shape index (κ3) is 3.27. The Balaban J connectivity index is 1.89. The molecular formula is C16H13F2N3O3. The number of hydrogen-bond donors (Lipinski definition) is 2. The van der Waals surface area contributed by atoms with Gasteiger partial charge in [-0.15, -0.1) is 0 Å². The van der Waals surface area contributed by atoms with E-state index in [9.17, 15) is 13.6 Å². The molecule has 0 unspecified atom stereocenters. The number of aromatic amines is 1. The van der Waals surface area contributed by atoms with Crippen molar-refractivity contribution in [2.45, 2.75) is 0 Å². The molecule has 3 rings (SSSR count). The molecular weight excluding hydrogens is 320 g/mol. The summed E-state index contributed by atoms with van der Waals surface area (Å²) in [6, 6.07) is 11.4. The van der Waals surface area contributed by atoms with Crippen LogP contribution in [0.1, 0.15) is 10.4 Å². The molecule has 0 aliphatic rings. The predicted octanol–water partition coefficient (Wildman–Crippen LogP) is 3.43. The molecule has 1 heterocycles. The van der Waals surface area contributed by atoms with E-state index in [1.165, 1.54) is 12.1 Å². The van der Waals surface area contributed by atoms with Gasteiger partial charge in [0, 0.05) is 17.7 Å². The fourth-order valence-electron chi connectivity index (χ4n) is 2.19. The summed E-state index contributed by atoms with van der Waals surface area (Å²) in [4.78, 5) is 19.2. The molecule has 2 aromatic carbocycles. The van der Waals surface area contributed by atoms with Crippen molar-refractivity contribution in [2.75, 3.05) is 19.0 Å². The van der Waals surface area contributed by atoms with Crippen LogP contribution in [0, 0.1) is 0 Å². The van der Waals surface area contributed by atoms with Gasteiger partial charge in [0.25, 0.3) is 5.91 Å². The summed E-state index contributed by atoms with van der Waals surface area (Å²) in [5, 5.41) is 2.62. The monoisotopic (exact) mass is 333 g/mol. The molecule has 0 atom stereocenters. The second-order valence-electron chi connectivity index (χ2n) is 4.73. The number of benzene rings is 2. The first-order chi connectivity index (χ1) is 11.7. The van der Waals surface area contributed by atoms with Crippen molar-refractivity contribution in [3.63, 3.8) is 0 Å². The number of alkyl halides is 2. The Kier molecular flexibility index (Phi) is 4.55. The second kappa shape index (κ2) is 6.95. The first kappa shape index (κ1) is 15.7. The lowest BCUT2D eigenvalue weighted by molar-refractivity contribution is 0.102. The topological polar surface area (TPSA) is 76.2 Å². The second-order valence-corrected chi connectivity index (χ2v) is 4.73. The minimum absolute atomic E-state index is 0.0232. The molecule has 2 N–H and O–H groups in total. The zero-order valence-corrected chi connectivity index (χ0v) is 12.4. The van der Waals surface area contributed by atoms with Gasteiger partial charge in [0.05, 0.1) is 11.0 Å². The summed E-state index contributed by atoms with van der Waals surface area (Å²) in [7, 11) is 0. The summed E-state index contributed by atoms with van der Waals surface area (Å²) in [6.45, 7) is -2.17. The molecule has 0 saturated heterocycles. The number of nitrogens with one attached hydrogen (secondary N) is 2. The number of halogens is 2. The summed E-state index contributed by atoms with van der Waals surface area (Å²) in [6.07, 6.45) is 0. The Labute approximate surface area is 135 Å². The maximum atomic E-state index is 12.4. The maximum absolute atomic E-state index is 12.4. The molecule has 1 aromatic heterocycles. The molecule has 6 nitrogen and oxygen atoms in total. The Morgan fingerprint density at radius 1 is 1.08 bits per heavy atom. The van der Waals surface area contributed by atoms with Crippen molar-refractivity contribution in [1.29, 1.82) is 0 Å². The number of anilines is 1. The van der Waals surface area contributed by atoms with Gasteiger partial charge < -0.3 is 14.5 Å². The number of aromatic nitrogens is 2. The molecule has 3 aromatic rings. The SMILES string of the molecule is O=C(Nc1nc2cc(OCF)c(OCF)cc2[nH]1)c1ccccc1. The number of carbonyl (C=O) groups excluding carboxylic acids is 1. The lowest BCUT2D eigenvalue weighted by Gasteiger charge is -2.07. The van der Waals surface area contributed by atoms with Gasteiger partial charge >= 0.3 is 0 Å². The Bertz CT molecular complexity index is 809. The van der Waals surface area contributed by atoms with Crippen LogP contribution < -0.4 is 14.8 Å². The fraction of sp³-hybridized carbons (Fsp3) is 0.125. The van der Waals surface area contributed by atoms with E-state index in [-0.39, 0.29) is 23.4 Å². The van der Waals surface area contributed by atoms with Gasteiger partial charge in [-0.2, -0.15) is 0 Å². The van der Waals surface area contributed by atoms with E-state index >= 15 is 0 Å². The van der Waals surface area contributed by atoms with E-state index in [4.69, 9.17) is 9.47 Å². The number of imidazole rings is 1. The zero-order valence-electron chi connectivity index (χ0n) is 12.4. The molecule has 0 radical (unpaired) electrons. The number of ether oxygens (including phenoxy) is 2. The molecule has 0 aliphatic heterocycles. The number of fused-ring (bicyclic) bond motifs is 1. The highest BCUT2D eigenvalue weighted by molar-refractivity contribution is 6.04. The van der Waals surface area contributed by atoms with Crippen LogP contribution in [-0.2, 0) is 0 Å². The standard InChI is InChI=1S/C16H13F2N3O3/c17-8-23-13-6-11-12(7-14(13)24-9-18)20-16(19-11)21-15(22)10-4-2-1-3-5-10/h1-7H,8-9H2,(H2,19,20,21,22). The number of amides is 1. The third-order valence-corrected chi connectivity index (χ3v) is 3.24. The van der Waals surface area contributed by atoms with E-state index in [1.54, 1.807) is 30.3 Å². The molecule has 0 fully saturated rings. The average molecular weight is 333 g/mol. The van der Waals surface area contributed by atoms with Crippen molar-refractivity contribution in [2.24, 2.45) is 0 Å².